The highest BCUT2D eigenvalue weighted by Crippen LogP contribution is 2.24. The Labute approximate surface area is 116 Å². The number of alkyl halides is 4. The molecule has 0 atom stereocenters. The molecule has 114 valence electrons. The second-order valence-corrected chi connectivity index (χ2v) is 4.26. The summed E-state index contributed by atoms with van der Waals surface area (Å²) in [7, 11) is 0. The summed E-state index contributed by atoms with van der Waals surface area (Å²) in [4.78, 5) is 11.5. The maximum Gasteiger partial charge on any atom is 0.347 e. The second kappa shape index (κ2) is 5.58. The van der Waals surface area contributed by atoms with Crippen molar-refractivity contribution in [3.05, 3.63) is 40.6 Å². The highest BCUT2D eigenvalue weighted by atomic mass is 19.3. The quantitative estimate of drug-likeness (QED) is 0.861. The van der Waals surface area contributed by atoms with Crippen molar-refractivity contribution in [1.29, 1.82) is 0 Å². The monoisotopic (exact) mass is 305 g/mol. The van der Waals surface area contributed by atoms with Crippen LogP contribution in [0.2, 0.25) is 0 Å². The molecule has 0 bridgehead atoms. The van der Waals surface area contributed by atoms with Crippen LogP contribution in [-0.2, 0) is 0 Å². The van der Waals surface area contributed by atoms with E-state index in [-0.39, 0.29) is 5.75 Å². The fraction of sp³-hybridized carbons (Fsp3) is 0.333. The number of hydrogen-bond acceptors (Lipinski definition) is 3. The Morgan fingerprint density at radius 1 is 1.33 bits per heavy atom. The van der Waals surface area contributed by atoms with E-state index in [1.165, 1.54) is 28.8 Å². The number of rotatable bonds is 5. The molecule has 1 heterocycles. The Morgan fingerprint density at radius 3 is 2.43 bits per heavy atom. The summed E-state index contributed by atoms with van der Waals surface area (Å²) < 4.78 is 55.3. The number of nitrogens with zero attached hydrogens (tertiary/aromatic N) is 2. The van der Waals surface area contributed by atoms with Gasteiger partial charge in [0.25, 0.3) is 0 Å². The SMILES string of the molecule is Cc1n[nH]c(=O)n1-c1ccc(OCC(F)(F)C(F)F)cc1. The molecule has 0 amide bonds. The Hall–Kier alpha value is -2.32. The predicted molar refractivity (Wildman–Crippen MR) is 65.4 cm³/mol. The average molecular weight is 305 g/mol. The fourth-order valence-electron chi connectivity index (χ4n) is 1.61. The molecule has 0 saturated heterocycles. The fourth-order valence-corrected chi connectivity index (χ4v) is 1.61. The maximum absolute atomic E-state index is 12.7. The number of H-pyrrole nitrogens is 1. The van der Waals surface area contributed by atoms with Gasteiger partial charge >= 0.3 is 18.0 Å². The van der Waals surface area contributed by atoms with Gasteiger partial charge in [0.05, 0.1) is 5.69 Å². The van der Waals surface area contributed by atoms with Crippen LogP contribution >= 0.6 is 0 Å². The smallest absolute Gasteiger partial charge is 0.347 e. The van der Waals surface area contributed by atoms with E-state index in [0.717, 1.165) is 0 Å². The molecular weight excluding hydrogens is 294 g/mol. The molecule has 0 saturated carbocycles. The van der Waals surface area contributed by atoms with Crippen LogP contribution in [0.3, 0.4) is 0 Å². The van der Waals surface area contributed by atoms with Crippen LogP contribution in [0.4, 0.5) is 17.6 Å². The largest absolute Gasteiger partial charge is 0.487 e. The van der Waals surface area contributed by atoms with Crippen LogP contribution < -0.4 is 10.4 Å². The first-order chi connectivity index (χ1) is 9.81. The van der Waals surface area contributed by atoms with E-state index in [4.69, 9.17) is 0 Å². The number of halogens is 4. The zero-order valence-corrected chi connectivity index (χ0v) is 10.8. The van der Waals surface area contributed by atoms with Gasteiger partial charge in [0.1, 0.15) is 11.6 Å². The van der Waals surface area contributed by atoms with E-state index in [2.05, 4.69) is 14.9 Å². The van der Waals surface area contributed by atoms with Gasteiger partial charge < -0.3 is 4.74 Å². The minimum Gasteiger partial charge on any atom is -0.487 e. The Bertz CT molecular complexity index is 664. The van der Waals surface area contributed by atoms with Gasteiger partial charge in [-0.15, -0.1) is 0 Å². The normalized spacial score (nSPS) is 11.9. The Morgan fingerprint density at radius 2 is 1.95 bits per heavy atom. The molecule has 1 N–H and O–H groups in total. The Kier molecular flexibility index (Phi) is 4.01. The molecule has 0 radical (unpaired) electrons. The third-order valence-electron chi connectivity index (χ3n) is 2.69. The number of ether oxygens (including phenoxy) is 1. The summed E-state index contributed by atoms with van der Waals surface area (Å²) in [6.45, 7) is 0.181. The molecule has 1 aromatic carbocycles. The molecule has 1 aromatic heterocycles. The van der Waals surface area contributed by atoms with E-state index in [0.29, 0.717) is 11.5 Å². The summed E-state index contributed by atoms with van der Waals surface area (Å²) in [5.41, 5.74) is -0.00961. The van der Waals surface area contributed by atoms with Crippen LogP contribution in [0, 0.1) is 6.92 Å². The maximum atomic E-state index is 12.7. The summed E-state index contributed by atoms with van der Waals surface area (Å²) in [6.07, 6.45) is -3.79. The molecule has 21 heavy (non-hydrogen) atoms. The standard InChI is InChI=1S/C12H11F4N3O2/c1-7-17-18-11(20)19(7)8-2-4-9(5-3-8)21-6-12(15,16)10(13)14/h2-5,10H,6H2,1H3,(H,18,20). The number of benzene rings is 1. The van der Waals surface area contributed by atoms with Crippen molar-refractivity contribution < 1.29 is 22.3 Å². The van der Waals surface area contributed by atoms with Crippen LogP contribution in [0.25, 0.3) is 5.69 Å². The van der Waals surface area contributed by atoms with Crippen molar-refractivity contribution in [2.24, 2.45) is 0 Å². The van der Waals surface area contributed by atoms with Crippen molar-refractivity contribution in [1.82, 2.24) is 14.8 Å². The minimum atomic E-state index is -4.21. The number of aryl methyl sites for hydroxylation is 1. The molecule has 0 spiro atoms. The molecule has 0 fully saturated rings. The third-order valence-corrected chi connectivity index (χ3v) is 2.69. The Balaban J connectivity index is 2.12. The molecule has 2 rings (SSSR count). The van der Waals surface area contributed by atoms with Gasteiger partial charge in [-0.25, -0.2) is 23.2 Å². The molecule has 0 aliphatic heterocycles. The number of aromatic amines is 1. The molecule has 0 aliphatic rings. The van der Waals surface area contributed by atoms with E-state index < -0.39 is 24.6 Å². The highest BCUT2D eigenvalue weighted by Gasteiger charge is 2.41. The highest BCUT2D eigenvalue weighted by molar-refractivity contribution is 5.37. The second-order valence-electron chi connectivity index (χ2n) is 4.26. The van der Waals surface area contributed by atoms with Crippen molar-refractivity contribution in [3.63, 3.8) is 0 Å². The third kappa shape index (κ3) is 3.23. The van der Waals surface area contributed by atoms with Gasteiger partial charge in [-0.1, -0.05) is 0 Å². The summed E-state index contributed by atoms with van der Waals surface area (Å²) >= 11 is 0. The topological polar surface area (TPSA) is 59.9 Å². The predicted octanol–water partition coefficient (Wildman–Crippen LogP) is 2.15. The van der Waals surface area contributed by atoms with Gasteiger partial charge in [-0.2, -0.15) is 13.9 Å². The van der Waals surface area contributed by atoms with Crippen molar-refractivity contribution >= 4 is 0 Å². The van der Waals surface area contributed by atoms with Crippen molar-refractivity contribution in [2.75, 3.05) is 6.61 Å². The van der Waals surface area contributed by atoms with E-state index in [1.54, 1.807) is 6.92 Å². The zero-order valence-electron chi connectivity index (χ0n) is 10.8. The van der Waals surface area contributed by atoms with Gasteiger partial charge in [-0.3, -0.25) is 0 Å². The number of aromatic nitrogens is 3. The van der Waals surface area contributed by atoms with Gasteiger partial charge in [0, 0.05) is 0 Å². The van der Waals surface area contributed by atoms with Crippen LogP contribution in [0.5, 0.6) is 5.75 Å². The van der Waals surface area contributed by atoms with Crippen molar-refractivity contribution in [2.45, 2.75) is 19.3 Å². The summed E-state index contributed by atoms with van der Waals surface area (Å²) in [5.74, 6) is -3.80. The zero-order chi connectivity index (χ0) is 15.6. The molecule has 5 nitrogen and oxygen atoms in total. The molecule has 2 aromatic rings. The summed E-state index contributed by atoms with van der Waals surface area (Å²) in [6, 6.07) is 5.46. The van der Waals surface area contributed by atoms with Gasteiger partial charge in [0.2, 0.25) is 0 Å². The first-order valence-electron chi connectivity index (χ1n) is 5.84. The minimum absolute atomic E-state index is 0.00623. The van der Waals surface area contributed by atoms with Crippen LogP contribution in [-0.4, -0.2) is 33.7 Å². The summed E-state index contributed by atoms with van der Waals surface area (Å²) in [5, 5.41) is 5.97. The first-order valence-corrected chi connectivity index (χ1v) is 5.84. The van der Waals surface area contributed by atoms with E-state index >= 15 is 0 Å². The van der Waals surface area contributed by atoms with Crippen molar-refractivity contribution in [3.8, 4) is 11.4 Å². The molecule has 0 aliphatic carbocycles. The van der Waals surface area contributed by atoms with E-state index in [9.17, 15) is 22.4 Å². The average Bonchev–Trinajstić information content (AvgIpc) is 2.76. The van der Waals surface area contributed by atoms with Crippen LogP contribution in [0.1, 0.15) is 5.82 Å². The lowest BCUT2D eigenvalue weighted by molar-refractivity contribution is -0.148. The molecular formula is C12H11F4N3O2. The lowest BCUT2D eigenvalue weighted by Crippen LogP contribution is -2.33. The molecule has 0 unspecified atom stereocenters. The van der Waals surface area contributed by atoms with E-state index in [1.807, 2.05) is 0 Å². The van der Waals surface area contributed by atoms with Gasteiger partial charge in [-0.05, 0) is 31.2 Å². The lowest BCUT2D eigenvalue weighted by Gasteiger charge is -2.16. The van der Waals surface area contributed by atoms with Gasteiger partial charge in [0.15, 0.2) is 6.61 Å². The first kappa shape index (κ1) is 15.1. The number of hydrogen-bond donors (Lipinski definition) is 1. The molecule has 9 heteroatoms. The number of nitrogens with one attached hydrogen (secondary N) is 1. The lowest BCUT2D eigenvalue weighted by atomic mass is 10.3. The van der Waals surface area contributed by atoms with Crippen LogP contribution in [0.15, 0.2) is 29.1 Å².